The van der Waals surface area contributed by atoms with Gasteiger partial charge >= 0.3 is 0 Å². The summed E-state index contributed by atoms with van der Waals surface area (Å²) in [7, 11) is 1.78. The molecule has 0 N–H and O–H groups in total. The number of hydrogen-bond acceptors (Lipinski definition) is 4. The zero-order valence-corrected chi connectivity index (χ0v) is 13.1. The van der Waals surface area contributed by atoms with Crippen LogP contribution < -0.4 is 0 Å². The Morgan fingerprint density at radius 1 is 1.14 bits per heavy atom. The van der Waals surface area contributed by atoms with Crippen LogP contribution in [0.1, 0.15) is 24.8 Å². The number of rotatable bonds is 5. The van der Waals surface area contributed by atoms with E-state index in [0.717, 1.165) is 31.1 Å². The molecule has 1 aliphatic heterocycles. The molecule has 4 nitrogen and oxygen atoms in total. The molecule has 116 valence electrons. The van der Waals surface area contributed by atoms with Crippen molar-refractivity contribution < 1.29 is 4.74 Å². The summed E-state index contributed by atoms with van der Waals surface area (Å²) in [6, 6.07) is 10.6. The molecule has 2 heterocycles. The highest BCUT2D eigenvalue weighted by Crippen LogP contribution is 2.20. The van der Waals surface area contributed by atoms with Gasteiger partial charge in [0.15, 0.2) is 5.82 Å². The molecule has 1 aliphatic rings. The van der Waals surface area contributed by atoms with Gasteiger partial charge in [0.25, 0.3) is 0 Å². The third-order valence-corrected chi connectivity index (χ3v) is 4.23. The van der Waals surface area contributed by atoms with Crippen molar-refractivity contribution in [3.8, 4) is 11.4 Å². The molecule has 0 aliphatic carbocycles. The minimum Gasteiger partial charge on any atom is -0.383 e. The van der Waals surface area contributed by atoms with Gasteiger partial charge in [0, 0.05) is 43.2 Å². The summed E-state index contributed by atoms with van der Waals surface area (Å²) in [4.78, 5) is 11.5. The molecule has 0 bridgehead atoms. The second-order valence-electron chi connectivity index (χ2n) is 5.86. The molecule has 22 heavy (non-hydrogen) atoms. The van der Waals surface area contributed by atoms with E-state index >= 15 is 0 Å². The molecule has 4 heteroatoms. The maximum atomic E-state index is 5.35. The van der Waals surface area contributed by atoms with Crippen LogP contribution in [0.15, 0.2) is 42.7 Å². The molecule has 2 aromatic rings. The molecule has 0 spiro atoms. The van der Waals surface area contributed by atoms with Gasteiger partial charge < -0.3 is 4.74 Å². The third kappa shape index (κ3) is 3.70. The molecule has 1 fully saturated rings. The Hall–Kier alpha value is -1.78. The van der Waals surface area contributed by atoms with E-state index in [9.17, 15) is 0 Å². The number of piperidine rings is 1. The first-order valence-corrected chi connectivity index (χ1v) is 7.96. The zero-order chi connectivity index (χ0) is 15.2. The summed E-state index contributed by atoms with van der Waals surface area (Å²) in [5, 5.41) is 0. The molecule has 0 radical (unpaired) electrons. The quantitative estimate of drug-likeness (QED) is 0.850. The summed E-state index contributed by atoms with van der Waals surface area (Å²) in [6.45, 7) is 2.85. The van der Waals surface area contributed by atoms with Crippen LogP contribution in [0.25, 0.3) is 11.4 Å². The number of aromatic nitrogens is 2. The standard InChI is InChI=1S/C18H23N3O/c1-22-14-17-9-5-6-10-21(17)13-15-11-19-18(20-12-15)16-7-3-2-4-8-16/h2-4,7-8,11-12,17H,5-6,9-10,13-14H2,1H3/t17-/m1/s1. The van der Waals surface area contributed by atoms with Gasteiger partial charge in [-0.1, -0.05) is 36.8 Å². The average Bonchev–Trinajstić information content (AvgIpc) is 2.58. The lowest BCUT2D eigenvalue weighted by Gasteiger charge is -2.35. The van der Waals surface area contributed by atoms with Crippen molar-refractivity contribution >= 4 is 0 Å². The molecular formula is C18H23N3O. The van der Waals surface area contributed by atoms with Crippen molar-refractivity contribution in [2.24, 2.45) is 0 Å². The van der Waals surface area contributed by atoms with Crippen LogP contribution in [0.2, 0.25) is 0 Å². The number of nitrogens with zero attached hydrogens (tertiary/aromatic N) is 3. The normalized spacial score (nSPS) is 19.2. The highest BCUT2D eigenvalue weighted by atomic mass is 16.5. The Morgan fingerprint density at radius 3 is 2.64 bits per heavy atom. The maximum absolute atomic E-state index is 5.35. The van der Waals surface area contributed by atoms with Crippen LogP contribution in [0.5, 0.6) is 0 Å². The van der Waals surface area contributed by atoms with Crippen molar-refractivity contribution in [2.75, 3.05) is 20.3 Å². The highest BCUT2D eigenvalue weighted by molar-refractivity contribution is 5.53. The minimum atomic E-state index is 0.521. The molecule has 1 aromatic heterocycles. The predicted molar refractivity (Wildman–Crippen MR) is 87.4 cm³/mol. The van der Waals surface area contributed by atoms with E-state index < -0.39 is 0 Å². The van der Waals surface area contributed by atoms with E-state index in [1.54, 1.807) is 7.11 Å². The number of hydrogen-bond donors (Lipinski definition) is 0. The van der Waals surface area contributed by atoms with Gasteiger partial charge in [0.2, 0.25) is 0 Å². The predicted octanol–water partition coefficient (Wildman–Crippen LogP) is 3.14. The summed E-state index contributed by atoms with van der Waals surface area (Å²) >= 11 is 0. The Morgan fingerprint density at radius 2 is 1.91 bits per heavy atom. The number of benzene rings is 1. The Balaban J connectivity index is 1.68. The van der Waals surface area contributed by atoms with Gasteiger partial charge in [-0.3, -0.25) is 4.90 Å². The van der Waals surface area contributed by atoms with E-state index in [-0.39, 0.29) is 0 Å². The first kappa shape index (κ1) is 15.1. The van der Waals surface area contributed by atoms with Crippen LogP contribution in [-0.4, -0.2) is 41.2 Å². The smallest absolute Gasteiger partial charge is 0.159 e. The van der Waals surface area contributed by atoms with Crippen molar-refractivity contribution in [1.29, 1.82) is 0 Å². The van der Waals surface area contributed by atoms with Crippen molar-refractivity contribution in [3.05, 3.63) is 48.3 Å². The second kappa shape index (κ2) is 7.47. The van der Waals surface area contributed by atoms with Gasteiger partial charge in [-0.05, 0) is 19.4 Å². The summed E-state index contributed by atoms with van der Waals surface area (Å²) < 4.78 is 5.35. The van der Waals surface area contributed by atoms with Crippen LogP contribution in [0.4, 0.5) is 0 Å². The monoisotopic (exact) mass is 297 g/mol. The summed E-state index contributed by atoms with van der Waals surface area (Å²) in [5.41, 5.74) is 2.23. The second-order valence-corrected chi connectivity index (χ2v) is 5.86. The fourth-order valence-electron chi connectivity index (χ4n) is 3.06. The number of ether oxygens (including phenoxy) is 1. The lowest BCUT2D eigenvalue weighted by Crippen LogP contribution is -2.41. The molecule has 1 aromatic carbocycles. The third-order valence-electron chi connectivity index (χ3n) is 4.23. The molecule has 0 saturated carbocycles. The molecular weight excluding hydrogens is 274 g/mol. The van der Waals surface area contributed by atoms with Gasteiger partial charge in [-0.2, -0.15) is 0 Å². The van der Waals surface area contributed by atoms with Gasteiger partial charge in [-0.15, -0.1) is 0 Å². The van der Waals surface area contributed by atoms with E-state index in [0.29, 0.717) is 6.04 Å². The Labute approximate surface area is 132 Å². The van der Waals surface area contributed by atoms with Crippen molar-refractivity contribution in [2.45, 2.75) is 31.8 Å². The molecule has 1 saturated heterocycles. The minimum absolute atomic E-state index is 0.521. The fraction of sp³-hybridized carbons (Fsp3) is 0.444. The molecule has 0 unspecified atom stereocenters. The van der Waals surface area contributed by atoms with E-state index in [2.05, 4.69) is 14.9 Å². The average molecular weight is 297 g/mol. The van der Waals surface area contributed by atoms with Crippen LogP contribution in [-0.2, 0) is 11.3 Å². The maximum Gasteiger partial charge on any atom is 0.159 e. The fourth-order valence-corrected chi connectivity index (χ4v) is 3.06. The number of likely N-dealkylation sites (tertiary alicyclic amines) is 1. The molecule has 0 amide bonds. The SMILES string of the molecule is COC[C@H]1CCCCN1Cc1cnc(-c2ccccc2)nc1. The molecule has 1 atom stereocenters. The molecule has 3 rings (SSSR count). The largest absolute Gasteiger partial charge is 0.383 e. The van der Waals surface area contributed by atoms with Crippen molar-refractivity contribution in [1.82, 2.24) is 14.9 Å². The first-order chi connectivity index (χ1) is 10.9. The van der Waals surface area contributed by atoms with Gasteiger partial charge in [0.1, 0.15) is 0 Å². The lowest BCUT2D eigenvalue weighted by molar-refractivity contribution is 0.0599. The van der Waals surface area contributed by atoms with E-state index in [1.165, 1.54) is 24.8 Å². The Kier molecular flexibility index (Phi) is 5.14. The topological polar surface area (TPSA) is 38.2 Å². The van der Waals surface area contributed by atoms with Crippen molar-refractivity contribution in [3.63, 3.8) is 0 Å². The highest BCUT2D eigenvalue weighted by Gasteiger charge is 2.22. The van der Waals surface area contributed by atoms with E-state index in [1.807, 2.05) is 42.7 Å². The van der Waals surface area contributed by atoms with E-state index in [4.69, 9.17) is 4.74 Å². The van der Waals surface area contributed by atoms with Gasteiger partial charge in [0.05, 0.1) is 6.61 Å². The Bertz CT molecular complexity index is 569. The zero-order valence-electron chi connectivity index (χ0n) is 13.1. The first-order valence-electron chi connectivity index (χ1n) is 7.96. The van der Waals surface area contributed by atoms with Crippen LogP contribution >= 0.6 is 0 Å². The summed E-state index contributed by atoms with van der Waals surface area (Å²) in [6.07, 6.45) is 7.69. The lowest BCUT2D eigenvalue weighted by atomic mass is 10.0. The van der Waals surface area contributed by atoms with Gasteiger partial charge in [-0.25, -0.2) is 9.97 Å². The van der Waals surface area contributed by atoms with Crippen LogP contribution in [0.3, 0.4) is 0 Å². The number of methoxy groups -OCH3 is 1. The summed E-state index contributed by atoms with van der Waals surface area (Å²) in [5.74, 6) is 0.788. The van der Waals surface area contributed by atoms with Crippen LogP contribution in [0, 0.1) is 0 Å².